The molecule has 0 atom stereocenters. The molecule has 0 radical (unpaired) electrons. The lowest BCUT2D eigenvalue weighted by Gasteiger charge is -2.21. The molecule has 17 heavy (non-hydrogen) atoms. The summed E-state index contributed by atoms with van der Waals surface area (Å²) in [5.41, 5.74) is 1.18. The zero-order valence-corrected chi connectivity index (χ0v) is 11.2. The summed E-state index contributed by atoms with van der Waals surface area (Å²) in [6, 6.07) is 2.81. The molecule has 1 N–H and O–H groups in total. The Balaban J connectivity index is 1.82. The maximum atomic E-state index is 4.68. The molecule has 0 bridgehead atoms. The third kappa shape index (κ3) is 3.84. The van der Waals surface area contributed by atoms with Crippen LogP contribution in [0.2, 0.25) is 0 Å². The lowest BCUT2D eigenvalue weighted by atomic mass is 9.96. The van der Waals surface area contributed by atoms with Gasteiger partial charge in [0.25, 0.3) is 0 Å². The normalized spacial score (nSPS) is 17.8. The molecule has 0 aliphatic heterocycles. The van der Waals surface area contributed by atoms with Gasteiger partial charge in [-0.1, -0.05) is 33.1 Å². The molecule has 96 valence electrons. The van der Waals surface area contributed by atoms with Gasteiger partial charge in [0.15, 0.2) is 0 Å². The Morgan fingerprint density at radius 3 is 2.82 bits per heavy atom. The predicted molar refractivity (Wildman–Crippen MR) is 70.9 cm³/mol. The third-order valence-electron chi connectivity index (χ3n) is 3.47. The zero-order chi connectivity index (χ0) is 12.1. The Kier molecular flexibility index (Phi) is 4.60. The second-order valence-corrected chi connectivity index (χ2v) is 5.60. The van der Waals surface area contributed by atoms with Crippen LogP contribution in [0.25, 0.3) is 0 Å². The van der Waals surface area contributed by atoms with Crippen molar-refractivity contribution in [2.45, 2.75) is 58.5 Å². The fourth-order valence-electron chi connectivity index (χ4n) is 2.51. The molecule has 0 saturated heterocycles. The molecule has 0 aromatic carbocycles. The summed E-state index contributed by atoms with van der Waals surface area (Å²) < 4.78 is 2.19. The van der Waals surface area contributed by atoms with E-state index in [1.54, 1.807) is 0 Å². The molecule has 1 aliphatic rings. The van der Waals surface area contributed by atoms with E-state index < -0.39 is 0 Å². The molecule has 2 rings (SSSR count). The van der Waals surface area contributed by atoms with Crippen molar-refractivity contribution in [3.63, 3.8) is 0 Å². The molecule has 3 heteroatoms. The van der Waals surface area contributed by atoms with Crippen LogP contribution in [0.5, 0.6) is 0 Å². The molecule has 0 amide bonds. The summed E-state index contributed by atoms with van der Waals surface area (Å²) in [5.74, 6) is 0.704. The van der Waals surface area contributed by atoms with Crippen LogP contribution in [-0.4, -0.2) is 16.3 Å². The first-order valence-electron chi connectivity index (χ1n) is 7.00. The first-order chi connectivity index (χ1) is 8.25. The minimum atomic E-state index is 0.655. The molecule has 0 spiro atoms. The van der Waals surface area contributed by atoms with Crippen molar-refractivity contribution < 1.29 is 0 Å². The number of rotatable bonds is 5. The van der Waals surface area contributed by atoms with E-state index in [0.29, 0.717) is 12.0 Å². The number of aromatic nitrogens is 2. The van der Waals surface area contributed by atoms with Crippen molar-refractivity contribution in [1.29, 1.82) is 0 Å². The molecule has 1 aliphatic carbocycles. The Morgan fingerprint density at radius 1 is 1.35 bits per heavy atom. The van der Waals surface area contributed by atoms with Gasteiger partial charge < -0.3 is 5.32 Å². The highest BCUT2D eigenvalue weighted by Gasteiger charge is 2.15. The van der Waals surface area contributed by atoms with Gasteiger partial charge in [0.05, 0.1) is 11.7 Å². The molecular weight excluding hydrogens is 210 g/mol. The smallest absolute Gasteiger partial charge is 0.0762 e. The fourth-order valence-corrected chi connectivity index (χ4v) is 2.51. The van der Waals surface area contributed by atoms with Crippen LogP contribution in [0.3, 0.4) is 0 Å². The largest absolute Gasteiger partial charge is 0.311 e. The van der Waals surface area contributed by atoms with Gasteiger partial charge in [-0.15, -0.1) is 0 Å². The maximum Gasteiger partial charge on any atom is 0.0762 e. The highest BCUT2D eigenvalue weighted by Crippen LogP contribution is 2.27. The van der Waals surface area contributed by atoms with Crippen LogP contribution in [0.15, 0.2) is 12.3 Å². The molecule has 1 fully saturated rings. The van der Waals surface area contributed by atoms with E-state index in [4.69, 9.17) is 0 Å². The van der Waals surface area contributed by atoms with E-state index in [1.807, 2.05) is 0 Å². The van der Waals surface area contributed by atoms with Crippen molar-refractivity contribution in [1.82, 2.24) is 15.1 Å². The second-order valence-electron chi connectivity index (χ2n) is 5.60. The van der Waals surface area contributed by atoms with Crippen LogP contribution in [0.1, 0.15) is 57.7 Å². The summed E-state index contributed by atoms with van der Waals surface area (Å²) in [6.07, 6.45) is 8.90. The minimum Gasteiger partial charge on any atom is -0.311 e. The Labute approximate surface area is 105 Å². The van der Waals surface area contributed by atoms with E-state index >= 15 is 0 Å². The lowest BCUT2D eigenvalue weighted by Crippen LogP contribution is -2.20. The van der Waals surface area contributed by atoms with Crippen LogP contribution in [0.4, 0.5) is 0 Å². The highest BCUT2D eigenvalue weighted by molar-refractivity contribution is 4.99. The van der Waals surface area contributed by atoms with Gasteiger partial charge in [-0.2, -0.15) is 5.10 Å². The van der Waals surface area contributed by atoms with E-state index in [-0.39, 0.29) is 0 Å². The summed E-state index contributed by atoms with van der Waals surface area (Å²) in [5, 5.41) is 8.13. The van der Waals surface area contributed by atoms with Crippen LogP contribution < -0.4 is 5.32 Å². The van der Waals surface area contributed by atoms with Crippen LogP contribution >= 0.6 is 0 Å². The molecule has 1 aromatic rings. The van der Waals surface area contributed by atoms with Crippen molar-refractivity contribution in [2.75, 3.05) is 6.54 Å². The third-order valence-corrected chi connectivity index (χ3v) is 3.47. The average Bonchev–Trinajstić information content (AvgIpc) is 2.78. The first kappa shape index (κ1) is 12.6. The lowest BCUT2D eigenvalue weighted by molar-refractivity contribution is 0.327. The minimum absolute atomic E-state index is 0.655. The van der Waals surface area contributed by atoms with Crippen molar-refractivity contribution in [3.8, 4) is 0 Å². The van der Waals surface area contributed by atoms with Crippen molar-refractivity contribution in [2.24, 2.45) is 5.92 Å². The first-order valence-corrected chi connectivity index (χ1v) is 7.00. The Hall–Kier alpha value is -0.830. The summed E-state index contributed by atoms with van der Waals surface area (Å²) in [6.45, 7) is 6.43. The molecule has 1 heterocycles. The standard InChI is InChI=1S/C14H25N3/c1-12(2)10-15-11-13-8-9-17(16-13)14-6-4-3-5-7-14/h8-9,12,14-15H,3-7,10-11H2,1-2H3. The quantitative estimate of drug-likeness (QED) is 0.849. The van der Waals surface area contributed by atoms with Gasteiger partial charge in [0.2, 0.25) is 0 Å². The van der Waals surface area contributed by atoms with Gasteiger partial charge in [0, 0.05) is 12.7 Å². The molecular formula is C14H25N3. The van der Waals surface area contributed by atoms with E-state index in [0.717, 1.165) is 13.1 Å². The summed E-state index contributed by atoms with van der Waals surface area (Å²) >= 11 is 0. The number of hydrogen-bond acceptors (Lipinski definition) is 2. The molecule has 3 nitrogen and oxygen atoms in total. The average molecular weight is 235 g/mol. The van der Waals surface area contributed by atoms with Gasteiger partial charge in [-0.05, 0) is 31.4 Å². The van der Waals surface area contributed by atoms with Crippen LogP contribution in [-0.2, 0) is 6.54 Å². The Bertz CT molecular complexity index is 324. The fraction of sp³-hybridized carbons (Fsp3) is 0.786. The van der Waals surface area contributed by atoms with Gasteiger partial charge in [0.1, 0.15) is 0 Å². The SMILES string of the molecule is CC(C)CNCc1ccn(C2CCCCC2)n1. The van der Waals surface area contributed by atoms with Gasteiger partial charge in [-0.3, -0.25) is 4.68 Å². The number of nitrogens with zero attached hydrogens (tertiary/aromatic N) is 2. The van der Waals surface area contributed by atoms with Crippen LogP contribution in [0, 0.1) is 5.92 Å². The van der Waals surface area contributed by atoms with Gasteiger partial charge >= 0.3 is 0 Å². The zero-order valence-electron chi connectivity index (χ0n) is 11.2. The van der Waals surface area contributed by atoms with E-state index in [9.17, 15) is 0 Å². The van der Waals surface area contributed by atoms with Gasteiger partial charge in [-0.25, -0.2) is 0 Å². The second kappa shape index (κ2) is 6.20. The maximum absolute atomic E-state index is 4.68. The van der Waals surface area contributed by atoms with Crippen molar-refractivity contribution in [3.05, 3.63) is 18.0 Å². The van der Waals surface area contributed by atoms with E-state index in [1.165, 1.54) is 37.8 Å². The number of nitrogens with one attached hydrogen (secondary N) is 1. The molecule has 1 saturated carbocycles. The highest BCUT2D eigenvalue weighted by atomic mass is 15.3. The van der Waals surface area contributed by atoms with E-state index in [2.05, 4.69) is 41.2 Å². The predicted octanol–water partition coefficient (Wildman–Crippen LogP) is 3.13. The Morgan fingerprint density at radius 2 is 2.12 bits per heavy atom. The number of hydrogen-bond donors (Lipinski definition) is 1. The molecule has 1 aromatic heterocycles. The molecule has 0 unspecified atom stereocenters. The monoisotopic (exact) mass is 235 g/mol. The topological polar surface area (TPSA) is 29.9 Å². The summed E-state index contributed by atoms with van der Waals surface area (Å²) in [4.78, 5) is 0. The summed E-state index contributed by atoms with van der Waals surface area (Å²) in [7, 11) is 0. The van der Waals surface area contributed by atoms with Crippen molar-refractivity contribution >= 4 is 0 Å².